The summed E-state index contributed by atoms with van der Waals surface area (Å²) in [5, 5.41) is 5.22. The second-order valence-electron chi connectivity index (χ2n) is 8.35. The number of benzene rings is 1. The zero-order valence-corrected chi connectivity index (χ0v) is 18.9. The maximum absolute atomic E-state index is 12.9. The second-order valence-corrected chi connectivity index (χ2v) is 11.1. The number of amides is 1. The van der Waals surface area contributed by atoms with E-state index in [0.29, 0.717) is 23.8 Å². The van der Waals surface area contributed by atoms with Crippen molar-refractivity contribution in [3.63, 3.8) is 0 Å². The Morgan fingerprint density at radius 1 is 1.17 bits per heavy atom. The van der Waals surface area contributed by atoms with E-state index in [1.165, 1.54) is 39.9 Å². The molecule has 158 valence electrons. The van der Waals surface area contributed by atoms with Crippen LogP contribution in [0.25, 0.3) is 0 Å². The Kier molecular flexibility index (Phi) is 6.14. The summed E-state index contributed by atoms with van der Waals surface area (Å²) in [5.74, 6) is -0.322. The smallest absolute Gasteiger partial charge is 0.257 e. The van der Waals surface area contributed by atoms with Crippen LogP contribution >= 0.6 is 11.3 Å². The van der Waals surface area contributed by atoms with Crippen LogP contribution in [0.15, 0.2) is 34.5 Å². The van der Waals surface area contributed by atoms with Gasteiger partial charge in [-0.1, -0.05) is 20.8 Å². The molecule has 1 aliphatic heterocycles. The number of hydrogen-bond donors (Lipinski definition) is 1. The highest BCUT2D eigenvalue weighted by molar-refractivity contribution is 7.89. The number of nitrogens with one attached hydrogen (secondary N) is 1. The molecule has 2 unspecified atom stereocenters. The first kappa shape index (κ1) is 21.9. The van der Waals surface area contributed by atoms with Crippen LogP contribution in [-0.2, 0) is 20.2 Å². The lowest BCUT2D eigenvalue weighted by Gasteiger charge is -2.34. The molecule has 1 aromatic heterocycles. The Morgan fingerprint density at radius 3 is 2.28 bits per heavy atom. The number of rotatable bonds is 4. The van der Waals surface area contributed by atoms with Crippen molar-refractivity contribution in [3.05, 3.63) is 40.9 Å². The Bertz CT molecular complexity index is 968. The van der Waals surface area contributed by atoms with Crippen molar-refractivity contribution in [1.82, 2.24) is 9.29 Å². The third-order valence-corrected chi connectivity index (χ3v) is 7.24. The van der Waals surface area contributed by atoms with Gasteiger partial charge in [-0.05, 0) is 38.1 Å². The molecule has 29 heavy (non-hydrogen) atoms. The quantitative estimate of drug-likeness (QED) is 0.791. The molecule has 1 aliphatic rings. The van der Waals surface area contributed by atoms with Crippen LogP contribution in [-0.4, -0.2) is 48.9 Å². The number of morpholine rings is 1. The van der Waals surface area contributed by atoms with Gasteiger partial charge < -0.3 is 4.74 Å². The van der Waals surface area contributed by atoms with Crippen LogP contribution in [0.3, 0.4) is 0 Å². The molecule has 0 saturated carbocycles. The highest BCUT2D eigenvalue weighted by atomic mass is 32.2. The first-order chi connectivity index (χ1) is 13.5. The fourth-order valence-electron chi connectivity index (χ4n) is 3.10. The van der Waals surface area contributed by atoms with E-state index < -0.39 is 10.0 Å². The van der Waals surface area contributed by atoms with Crippen molar-refractivity contribution >= 4 is 32.4 Å². The van der Waals surface area contributed by atoms with Gasteiger partial charge in [-0.25, -0.2) is 13.4 Å². The molecule has 3 rings (SSSR count). The molecule has 1 saturated heterocycles. The molecule has 0 spiro atoms. The minimum atomic E-state index is -3.63. The van der Waals surface area contributed by atoms with E-state index in [0.717, 1.165) is 5.69 Å². The first-order valence-electron chi connectivity index (χ1n) is 9.50. The van der Waals surface area contributed by atoms with Crippen molar-refractivity contribution in [3.8, 4) is 0 Å². The van der Waals surface area contributed by atoms with E-state index in [1.807, 2.05) is 19.2 Å². The van der Waals surface area contributed by atoms with Gasteiger partial charge in [0.05, 0.1) is 22.8 Å². The third kappa shape index (κ3) is 5.03. The summed E-state index contributed by atoms with van der Waals surface area (Å²) < 4.78 is 32.9. The van der Waals surface area contributed by atoms with Gasteiger partial charge in [-0.15, -0.1) is 11.3 Å². The van der Waals surface area contributed by atoms with Gasteiger partial charge in [-0.3, -0.25) is 10.1 Å². The Hall–Kier alpha value is -1.81. The van der Waals surface area contributed by atoms with Crippen molar-refractivity contribution in [2.45, 2.75) is 57.1 Å². The number of aromatic nitrogens is 1. The number of thiazole rings is 1. The van der Waals surface area contributed by atoms with Crippen LogP contribution < -0.4 is 5.32 Å². The van der Waals surface area contributed by atoms with Gasteiger partial charge in [0.1, 0.15) is 0 Å². The summed E-state index contributed by atoms with van der Waals surface area (Å²) in [6, 6.07) is 5.98. The lowest BCUT2D eigenvalue weighted by molar-refractivity contribution is -0.0440. The monoisotopic (exact) mass is 437 g/mol. The molecule has 0 bridgehead atoms. The largest absolute Gasteiger partial charge is 0.373 e. The maximum Gasteiger partial charge on any atom is 0.257 e. The average molecular weight is 438 g/mol. The van der Waals surface area contributed by atoms with Crippen molar-refractivity contribution in [1.29, 1.82) is 0 Å². The Balaban J connectivity index is 1.72. The summed E-state index contributed by atoms with van der Waals surface area (Å²) in [7, 11) is -3.63. The number of hydrogen-bond acceptors (Lipinski definition) is 6. The summed E-state index contributed by atoms with van der Waals surface area (Å²) in [6.07, 6.45) is -0.315. The van der Waals surface area contributed by atoms with Crippen molar-refractivity contribution in [2.75, 3.05) is 18.4 Å². The molecule has 2 aromatic rings. The molecular formula is C20H27N3O4S2. The highest BCUT2D eigenvalue weighted by Gasteiger charge is 2.32. The van der Waals surface area contributed by atoms with Gasteiger partial charge >= 0.3 is 0 Å². The molecule has 9 heteroatoms. The normalized spacial score (nSPS) is 21.1. The van der Waals surface area contributed by atoms with Gasteiger partial charge in [-0.2, -0.15) is 4.31 Å². The van der Waals surface area contributed by atoms with Gasteiger partial charge in [0.25, 0.3) is 5.91 Å². The lowest BCUT2D eigenvalue weighted by atomic mass is 9.93. The topological polar surface area (TPSA) is 88.6 Å². The molecule has 1 aromatic carbocycles. The number of carbonyl (C=O) groups is 1. The fourth-order valence-corrected chi connectivity index (χ4v) is 5.62. The molecule has 1 N–H and O–H groups in total. The molecule has 7 nitrogen and oxygen atoms in total. The summed E-state index contributed by atoms with van der Waals surface area (Å²) >= 11 is 1.37. The SMILES string of the molecule is CC1CN(S(=O)(=O)c2ccc(C(=O)Nc3nc(C(C)(C)C)cs3)cc2)CC(C)O1. The molecule has 0 radical (unpaired) electrons. The number of sulfonamides is 1. The average Bonchev–Trinajstić information content (AvgIpc) is 3.10. The maximum atomic E-state index is 12.9. The Labute approximate surface area is 176 Å². The van der Waals surface area contributed by atoms with Crippen LogP contribution in [0, 0.1) is 0 Å². The lowest BCUT2D eigenvalue weighted by Crippen LogP contribution is -2.48. The number of ether oxygens (including phenoxy) is 1. The van der Waals surface area contributed by atoms with E-state index in [4.69, 9.17) is 4.74 Å². The number of carbonyl (C=O) groups excluding carboxylic acids is 1. The standard InChI is InChI=1S/C20H27N3O4S2/c1-13-10-23(11-14(2)27-13)29(25,26)16-8-6-15(7-9-16)18(24)22-19-21-17(12-28-19)20(3,4)5/h6-9,12-14H,10-11H2,1-5H3,(H,21,22,24). The van der Waals surface area contributed by atoms with Crippen LogP contribution in [0.2, 0.25) is 0 Å². The zero-order valence-electron chi connectivity index (χ0n) is 17.3. The minimum absolute atomic E-state index is 0.0933. The van der Waals surface area contributed by atoms with Gasteiger partial charge in [0, 0.05) is 29.4 Å². The van der Waals surface area contributed by atoms with E-state index in [2.05, 4.69) is 31.1 Å². The first-order valence-corrected chi connectivity index (χ1v) is 11.8. The van der Waals surface area contributed by atoms with E-state index in [9.17, 15) is 13.2 Å². The minimum Gasteiger partial charge on any atom is -0.373 e. The summed E-state index contributed by atoms with van der Waals surface area (Å²) in [4.78, 5) is 17.1. The molecule has 2 heterocycles. The highest BCUT2D eigenvalue weighted by Crippen LogP contribution is 2.27. The Morgan fingerprint density at radius 2 is 1.76 bits per heavy atom. The second kappa shape index (κ2) is 8.14. The van der Waals surface area contributed by atoms with Gasteiger partial charge in [0.2, 0.25) is 10.0 Å². The zero-order chi connectivity index (χ0) is 21.4. The summed E-state index contributed by atoms with van der Waals surface area (Å²) in [6.45, 7) is 10.5. The molecule has 1 fully saturated rings. The van der Waals surface area contributed by atoms with Crippen LogP contribution in [0.4, 0.5) is 5.13 Å². The van der Waals surface area contributed by atoms with Crippen LogP contribution in [0.1, 0.15) is 50.7 Å². The molecule has 2 atom stereocenters. The molecule has 0 aliphatic carbocycles. The number of nitrogens with zero attached hydrogens (tertiary/aromatic N) is 2. The van der Waals surface area contributed by atoms with Gasteiger partial charge in [0.15, 0.2) is 5.13 Å². The van der Waals surface area contributed by atoms with Crippen molar-refractivity contribution < 1.29 is 17.9 Å². The molecule has 1 amide bonds. The van der Waals surface area contributed by atoms with E-state index in [-0.39, 0.29) is 28.4 Å². The third-order valence-electron chi connectivity index (χ3n) is 4.63. The number of anilines is 1. The fraction of sp³-hybridized carbons (Fsp3) is 0.500. The van der Waals surface area contributed by atoms with E-state index in [1.54, 1.807) is 0 Å². The predicted octanol–water partition coefficient (Wildman–Crippen LogP) is 3.49. The van der Waals surface area contributed by atoms with E-state index >= 15 is 0 Å². The van der Waals surface area contributed by atoms with Crippen LogP contribution in [0.5, 0.6) is 0 Å². The van der Waals surface area contributed by atoms with Crippen molar-refractivity contribution in [2.24, 2.45) is 0 Å². The molecular weight excluding hydrogens is 410 g/mol. The summed E-state index contributed by atoms with van der Waals surface area (Å²) in [5.41, 5.74) is 1.19. The predicted molar refractivity (Wildman–Crippen MR) is 114 cm³/mol.